The van der Waals surface area contributed by atoms with Crippen LogP contribution < -0.4 is 10.6 Å². The summed E-state index contributed by atoms with van der Waals surface area (Å²) >= 11 is 3.35. The number of amides is 2. The molecule has 0 aliphatic heterocycles. The Hall–Kier alpha value is -2.67. The van der Waals surface area contributed by atoms with Crippen molar-refractivity contribution in [1.29, 1.82) is 0 Å². The van der Waals surface area contributed by atoms with Gasteiger partial charge in [0, 0.05) is 35.3 Å². The Morgan fingerprint density at radius 2 is 2.00 bits per heavy atom. The molecule has 0 saturated carbocycles. The number of hydrogen-bond acceptors (Lipinski definition) is 3. The van der Waals surface area contributed by atoms with Crippen molar-refractivity contribution in [2.24, 2.45) is 0 Å². The summed E-state index contributed by atoms with van der Waals surface area (Å²) in [7, 11) is 0. The molecule has 2 heterocycles. The van der Waals surface area contributed by atoms with Crippen LogP contribution in [0.15, 0.2) is 65.5 Å². The minimum atomic E-state index is -0.259. The normalized spacial score (nSPS) is 10.3. The zero-order chi connectivity index (χ0) is 16.1. The Morgan fingerprint density at radius 3 is 2.74 bits per heavy atom. The molecule has 23 heavy (non-hydrogen) atoms. The third-order valence-corrected chi connectivity index (χ3v) is 3.63. The molecule has 1 aromatic carbocycles. The summed E-state index contributed by atoms with van der Waals surface area (Å²) in [4.78, 5) is 16.2. The minimum Gasteiger partial charge on any atom is -0.334 e. The fraction of sp³-hybridized carbons (Fsp3) is 0.0625. The molecule has 0 aliphatic rings. The van der Waals surface area contributed by atoms with E-state index >= 15 is 0 Å². The molecule has 3 aromatic rings. The van der Waals surface area contributed by atoms with Crippen LogP contribution in [0.1, 0.15) is 5.56 Å². The monoisotopic (exact) mass is 371 g/mol. The summed E-state index contributed by atoms with van der Waals surface area (Å²) in [5.41, 5.74) is 1.68. The lowest BCUT2D eigenvalue weighted by Gasteiger charge is -2.08. The van der Waals surface area contributed by atoms with E-state index in [2.05, 4.69) is 36.6 Å². The Morgan fingerprint density at radius 1 is 1.17 bits per heavy atom. The number of hydrogen-bond donors (Lipinski definition) is 2. The van der Waals surface area contributed by atoms with Crippen molar-refractivity contribution < 1.29 is 4.79 Å². The smallest absolute Gasteiger partial charge is 0.319 e. The maximum atomic E-state index is 11.9. The van der Waals surface area contributed by atoms with Gasteiger partial charge in [-0.1, -0.05) is 15.9 Å². The van der Waals surface area contributed by atoms with Gasteiger partial charge in [-0.2, -0.15) is 5.10 Å². The highest BCUT2D eigenvalue weighted by atomic mass is 79.9. The summed E-state index contributed by atoms with van der Waals surface area (Å²) in [5, 5.41) is 9.73. The van der Waals surface area contributed by atoms with Gasteiger partial charge in [0.2, 0.25) is 0 Å². The maximum absolute atomic E-state index is 11.9. The summed E-state index contributed by atoms with van der Waals surface area (Å²) in [6, 6.07) is 12.7. The second-order valence-corrected chi connectivity index (χ2v) is 5.70. The van der Waals surface area contributed by atoms with Crippen LogP contribution in [0.3, 0.4) is 0 Å². The van der Waals surface area contributed by atoms with Crippen LogP contribution in [0, 0.1) is 0 Å². The van der Waals surface area contributed by atoms with E-state index in [0.29, 0.717) is 12.4 Å². The molecule has 0 bridgehead atoms. The fourth-order valence-electron chi connectivity index (χ4n) is 1.99. The number of benzene rings is 1. The van der Waals surface area contributed by atoms with Crippen LogP contribution >= 0.6 is 15.9 Å². The first-order valence-electron chi connectivity index (χ1n) is 6.96. The number of urea groups is 1. The molecule has 0 saturated heterocycles. The molecule has 0 unspecified atom stereocenters. The number of aromatic nitrogens is 3. The Bertz CT molecular complexity index is 786. The molecule has 2 N–H and O–H groups in total. The molecule has 0 radical (unpaired) electrons. The Labute approximate surface area is 141 Å². The topological polar surface area (TPSA) is 71.8 Å². The van der Waals surface area contributed by atoms with E-state index in [1.165, 1.54) is 0 Å². The van der Waals surface area contributed by atoms with Gasteiger partial charge in [-0.15, -0.1) is 0 Å². The first-order valence-corrected chi connectivity index (χ1v) is 7.75. The van der Waals surface area contributed by atoms with Crippen molar-refractivity contribution in [3.05, 3.63) is 71.1 Å². The van der Waals surface area contributed by atoms with Gasteiger partial charge in [-0.25, -0.2) is 14.5 Å². The number of nitrogens with one attached hydrogen (secondary N) is 2. The highest BCUT2D eigenvalue weighted by Crippen LogP contribution is 2.14. The fourth-order valence-corrected chi connectivity index (χ4v) is 2.26. The highest BCUT2D eigenvalue weighted by molar-refractivity contribution is 9.10. The number of carbonyl (C=O) groups excluding carboxylic acids is 1. The van der Waals surface area contributed by atoms with Gasteiger partial charge in [-0.05, 0) is 48.0 Å². The van der Waals surface area contributed by atoms with Crippen LogP contribution in [-0.2, 0) is 6.54 Å². The van der Waals surface area contributed by atoms with Crippen LogP contribution in [-0.4, -0.2) is 20.8 Å². The van der Waals surface area contributed by atoms with Crippen molar-refractivity contribution >= 4 is 27.6 Å². The second-order valence-electron chi connectivity index (χ2n) is 4.79. The predicted molar refractivity (Wildman–Crippen MR) is 91.4 cm³/mol. The molecule has 116 valence electrons. The van der Waals surface area contributed by atoms with Gasteiger partial charge < -0.3 is 10.6 Å². The molecular weight excluding hydrogens is 358 g/mol. The van der Waals surface area contributed by atoms with Crippen molar-refractivity contribution in [2.45, 2.75) is 6.54 Å². The third kappa shape index (κ3) is 4.17. The van der Waals surface area contributed by atoms with Gasteiger partial charge in [0.05, 0.1) is 0 Å². The molecule has 7 heteroatoms. The number of pyridine rings is 1. The van der Waals surface area contributed by atoms with Crippen LogP contribution in [0.25, 0.3) is 5.82 Å². The SMILES string of the molecule is O=C(NCc1ccnc(-n2cccn2)c1)Nc1ccc(Br)cc1. The van der Waals surface area contributed by atoms with E-state index in [4.69, 9.17) is 0 Å². The van der Waals surface area contributed by atoms with Crippen LogP contribution in [0.4, 0.5) is 10.5 Å². The molecule has 0 atom stereocenters. The van der Waals surface area contributed by atoms with E-state index in [9.17, 15) is 4.79 Å². The lowest BCUT2D eigenvalue weighted by Crippen LogP contribution is -2.28. The van der Waals surface area contributed by atoms with E-state index in [1.54, 1.807) is 17.1 Å². The average Bonchev–Trinajstić information content (AvgIpc) is 3.10. The van der Waals surface area contributed by atoms with E-state index < -0.39 is 0 Å². The Balaban J connectivity index is 1.58. The van der Waals surface area contributed by atoms with Gasteiger partial charge in [0.15, 0.2) is 5.82 Å². The van der Waals surface area contributed by atoms with E-state index in [-0.39, 0.29) is 6.03 Å². The maximum Gasteiger partial charge on any atom is 0.319 e. The number of carbonyl (C=O) groups is 1. The molecule has 3 rings (SSSR count). The predicted octanol–water partition coefficient (Wildman–Crippen LogP) is 3.35. The highest BCUT2D eigenvalue weighted by Gasteiger charge is 2.04. The minimum absolute atomic E-state index is 0.259. The molecule has 0 spiro atoms. The summed E-state index contributed by atoms with van der Waals surface area (Å²) < 4.78 is 2.64. The quantitative estimate of drug-likeness (QED) is 0.738. The van der Waals surface area contributed by atoms with E-state index in [0.717, 1.165) is 15.7 Å². The number of rotatable bonds is 4. The zero-order valence-electron chi connectivity index (χ0n) is 12.1. The van der Waals surface area contributed by atoms with Gasteiger partial charge in [0.25, 0.3) is 0 Å². The molecule has 2 amide bonds. The van der Waals surface area contributed by atoms with Crippen molar-refractivity contribution in [3.8, 4) is 5.82 Å². The number of anilines is 1. The second kappa shape index (κ2) is 7.06. The van der Waals surface area contributed by atoms with Gasteiger partial charge in [-0.3, -0.25) is 0 Å². The van der Waals surface area contributed by atoms with Crippen LogP contribution in [0.2, 0.25) is 0 Å². The van der Waals surface area contributed by atoms with Crippen molar-refractivity contribution in [3.63, 3.8) is 0 Å². The number of nitrogens with zero attached hydrogens (tertiary/aromatic N) is 3. The summed E-state index contributed by atoms with van der Waals surface area (Å²) in [5.74, 6) is 0.711. The lowest BCUT2D eigenvalue weighted by molar-refractivity contribution is 0.251. The molecular formula is C16H14BrN5O. The third-order valence-electron chi connectivity index (χ3n) is 3.10. The molecule has 6 nitrogen and oxygen atoms in total. The van der Waals surface area contributed by atoms with Gasteiger partial charge in [0.1, 0.15) is 0 Å². The summed E-state index contributed by atoms with van der Waals surface area (Å²) in [6.45, 7) is 0.402. The molecule has 0 aliphatic carbocycles. The van der Waals surface area contributed by atoms with Gasteiger partial charge >= 0.3 is 6.03 Å². The average molecular weight is 372 g/mol. The Kier molecular flexibility index (Phi) is 4.68. The zero-order valence-corrected chi connectivity index (χ0v) is 13.7. The molecule has 2 aromatic heterocycles. The first-order chi connectivity index (χ1) is 11.2. The van der Waals surface area contributed by atoms with Crippen LogP contribution in [0.5, 0.6) is 0 Å². The van der Waals surface area contributed by atoms with Crippen molar-refractivity contribution in [2.75, 3.05) is 5.32 Å². The number of halogens is 1. The summed E-state index contributed by atoms with van der Waals surface area (Å²) in [6.07, 6.45) is 5.21. The standard InChI is InChI=1S/C16H14BrN5O/c17-13-2-4-14(5-3-13)21-16(23)19-11-12-6-8-18-15(10-12)22-9-1-7-20-22/h1-10H,11H2,(H2,19,21,23). The molecule has 0 fully saturated rings. The first kappa shape index (κ1) is 15.2. The largest absolute Gasteiger partial charge is 0.334 e. The van der Waals surface area contributed by atoms with Crippen molar-refractivity contribution in [1.82, 2.24) is 20.1 Å². The lowest BCUT2D eigenvalue weighted by atomic mass is 10.2. The van der Waals surface area contributed by atoms with E-state index in [1.807, 2.05) is 48.7 Å².